The second-order valence-corrected chi connectivity index (χ2v) is 8.83. The maximum atomic E-state index is 13.0. The van der Waals surface area contributed by atoms with E-state index in [4.69, 9.17) is 0 Å². The molecule has 0 heterocycles. The summed E-state index contributed by atoms with van der Waals surface area (Å²) in [5.41, 5.74) is 0.357. The second-order valence-electron chi connectivity index (χ2n) is 6.51. The predicted octanol–water partition coefficient (Wildman–Crippen LogP) is 2.52. The van der Waals surface area contributed by atoms with Gasteiger partial charge >= 0.3 is 0 Å². The van der Waals surface area contributed by atoms with Crippen LogP contribution < -0.4 is 5.32 Å². The van der Waals surface area contributed by atoms with E-state index in [1.807, 2.05) is 20.8 Å². The third-order valence-corrected chi connectivity index (χ3v) is 5.78. The summed E-state index contributed by atoms with van der Waals surface area (Å²) >= 11 is 0. The van der Waals surface area contributed by atoms with Gasteiger partial charge in [0.15, 0.2) is 0 Å². The topological polar surface area (TPSA) is 46.2 Å². The first-order valence-electron chi connectivity index (χ1n) is 7.18. The lowest BCUT2D eigenvalue weighted by molar-refractivity contribution is -0.123. The molecule has 1 amide bonds. The number of carbonyl (C=O) groups is 1. The molecule has 1 aromatic rings. The first kappa shape index (κ1) is 16.1. The molecular formula is C16H22FNO2S. The van der Waals surface area contributed by atoms with Crippen molar-refractivity contribution in [2.75, 3.05) is 12.3 Å². The van der Waals surface area contributed by atoms with Gasteiger partial charge < -0.3 is 5.32 Å². The van der Waals surface area contributed by atoms with Crippen LogP contribution in [0, 0.1) is 5.82 Å². The van der Waals surface area contributed by atoms with Crippen LogP contribution in [0.4, 0.5) is 4.39 Å². The molecule has 0 unspecified atom stereocenters. The van der Waals surface area contributed by atoms with Crippen LogP contribution in [0.2, 0.25) is 0 Å². The minimum absolute atomic E-state index is 0.0417. The molecule has 0 saturated heterocycles. The van der Waals surface area contributed by atoms with Gasteiger partial charge in [0.25, 0.3) is 0 Å². The Kier molecular flexibility index (Phi) is 4.51. The first-order valence-corrected chi connectivity index (χ1v) is 8.50. The van der Waals surface area contributed by atoms with Crippen LogP contribution in [-0.4, -0.2) is 27.2 Å². The molecule has 5 heteroatoms. The zero-order chi connectivity index (χ0) is 15.7. The van der Waals surface area contributed by atoms with Gasteiger partial charge in [-0.3, -0.25) is 9.00 Å². The Morgan fingerprint density at radius 2 is 1.86 bits per heavy atom. The van der Waals surface area contributed by atoms with E-state index < -0.39 is 16.2 Å². The predicted molar refractivity (Wildman–Crippen MR) is 83.1 cm³/mol. The maximum Gasteiger partial charge on any atom is 0.230 e. The number of nitrogens with one attached hydrogen (secondary N) is 1. The van der Waals surface area contributed by atoms with Crippen LogP contribution >= 0.6 is 0 Å². The van der Waals surface area contributed by atoms with E-state index in [-0.39, 0.29) is 16.5 Å². The Morgan fingerprint density at radius 1 is 1.29 bits per heavy atom. The molecule has 21 heavy (non-hydrogen) atoms. The fourth-order valence-electron chi connectivity index (χ4n) is 2.27. The molecule has 2 rings (SSSR count). The zero-order valence-electron chi connectivity index (χ0n) is 12.7. The summed E-state index contributed by atoms with van der Waals surface area (Å²) in [6.45, 7) is 6.18. The summed E-state index contributed by atoms with van der Waals surface area (Å²) in [5, 5.41) is 2.88. The Hall–Kier alpha value is -1.23. The minimum atomic E-state index is -0.972. The number of benzene rings is 1. The zero-order valence-corrected chi connectivity index (χ0v) is 13.6. The minimum Gasteiger partial charge on any atom is -0.354 e. The van der Waals surface area contributed by atoms with Crippen molar-refractivity contribution in [1.29, 1.82) is 0 Å². The van der Waals surface area contributed by atoms with Crippen LogP contribution in [0.1, 0.15) is 39.2 Å². The molecule has 0 aliphatic heterocycles. The SMILES string of the molecule is CC(C)(C)[S@](=O)CCNC(=O)C1(c2ccc(F)cc2)CC1. The quantitative estimate of drug-likeness (QED) is 0.908. The van der Waals surface area contributed by atoms with Crippen LogP contribution in [0.25, 0.3) is 0 Å². The van der Waals surface area contributed by atoms with E-state index >= 15 is 0 Å². The number of halogens is 1. The van der Waals surface area contributed by atoms with E-state index in [9.17, 15) is 13.4 Å². The van der Waals surface area contributed by atoms with Gasteiger partial charge in [-0.15, -0.1) is 0 Å². The lowest BCUT2D eigenvalue weighted by Crippen LogP contribution is -2.38. The van der Waals surface area contributed by atoms with Gasteiger partial charge in [-0.1, -0.05) is 12.1 Å². The summed E-state index contributed by atoms with van der Waals surface area (Å²) in [7, 11) is -0.972. The van der Waals surface area contributed by atoms with Gasteiger partial charge in [0, 0.05) is 27.8 Å². The average molecular weight is 311 g/mol. The van der Waals surface area contributed by atoms with Crippen LogP contribution in [0.5, 0.6) is 0 Å². The molecular weight excluding hydrogens is 289 g/mol. The van der Waals surface area contributed by atoms with E-state index in [0.717, 1.165) is 18.4 Å². The smallest absolute Gasteiger partial charge is 0.230 e. The molecule has 1 aromatic carbocycles. The number of carbonyl (C=O) groups excluding carboxylic acids is 1. The van der Waals surface area contributed by atoms with Crippen molar-refractivity contribution in [3.05, 3.63) is 35.6 Å². The van der Waals surface area contributed by atoms with Gasteiger partial charge in [-0.2, -0.15) is 0 Å². The molecule has 1 saturated carbocycles. The van der Waals surface area contributed by atoms with E-state index in [0.29, 0.717) is 12.3 Å². The summed E-state index contributed by atoms with van der Waals surface area (Å²) in [6.07, 6.45) is 1.57. The van der Waals surface area contributed by atoms with Crippen LogP contribution in [-0.2, 0) is 21.0 Å². The number of amides is 1. The van der Waals surface area contributed by atoms with E-state index in [2.05, 4.69) is 5.32 Å². The Morgan fingerprint density at radius 3 is 2.33 bits per heavy atom. The fourth-order valence-corrected chi connectivity index (χ4v) is 3.17. The molecule has 0 bridgehead atoms. The Balaban J connectivity index is 1.92. The lowest BCUT2D eigenvalue weighted by Gasteiger charge is -2.19. The first-order chi connectivity index (χ1) is 9.75. The second kappa shape index (κ2) is 5.87. The highest BCUT2D eigenvalue weighted by molar-refractivity contribution is 7.86. The lowest BCUT2D eigenvalue weighted by atomic mass is 9.95. The molecule has 0 aromatic heterocycles. The molecule has 3 nitrogen and oxygen atoms in total. The van der Waals surface area contributed by atoms with E-state index in [1.54, 1.807) is 12.1 Å². The van der Waals surface area contributed by atoms with Crippen LogP contribution in [0.15, 0.2) is 24.3 Å². The molecule has 1 aliphatic carbocycles. The van der Waals surface area contributed by atoms with E-state index in [1.165, 1.54) is 12.1 Å². The summed E-state index contributed by atoms with van der Waals surface area (Å²) in [6, 6.07) is 6.12. The number of hydrogen-bond donors (Lipinski definition) is 1. The third-order valence-electron chi connectivity index (χ3n) is 3.84. The average Bonchev–Trinajstić information content (AvgIpc) is 3.19. The Labute approximate surface area is 127 Å². The van der Waals surface area contributed by atoms with Gasteiger partial charge in [0.2, 0.25) is 5.91 Å². The normalized spacial score (nSPS) is 18.1. The third kappa shape index (κ3) is 3.70. The Bertz CT molecular complexity index is 544. The van der Waals surface area contributed by atoms with Gasteiger partial charge in [0.1, 0.15) is 5.82 Å². The van der Waals surface area contributed by atoms with Crippen molar-refractivity contribution >= 4 is 16.7 Å². The van der Waals surface area contributed by atoms with Crippen molar-refractivity contribution in [3.63, 3.8) is 0 Å². The highest BCUT2D eigenvalue weighted by Crippen LogP contribution is 2.48. The monoisotopic (exact) mass is 311 g/mol. The molecule has 116 valence electrons. The maximum absolute atomic E-state index is 13.0. The largest absolute Gasteiger partial charge is 0.354 e. The van der Waals surface area contributed by atoms with Crippen molar-refractivity contribution in [3.8, 4) is 0 Å². The summed E-state index contributed by atoms with van der Waals surface area (Å²) in [4.78, 5) is 12.3. The van der Waals surface area contributed by atoms with Crippen molar-refractivity contribution in [2.24, 2.45) is 0 Å². The van der Waals surface area contributed by atoms with Gasteiger partial charge in [-0.05, 0) is 51.3 Å². The van der Waals surface area contributed by atoms with Gasteiger partial charge in [-0.25, -0.2) is 4.39 Å². The van der Waals surface area contributed by atoms with Gasteiger partial charge in [0.05, 0.1) is 5.41 Å². The highest BCUT2D eigenvalue weighted by atomic mass is 32.2. The van der Waals surface area contributed by atoms with Crippen molar-refractivity contribution in [2.45, 2.75) is 43.8 Å². The molecule has 1 aliphatic rings. The molecule has 1 N–H and O–H groups in total. The molecule has 0 radical (unpaired) electrons. The number of rotatable bonds is 5. The van der Waals surface area contributed by atoms with Crippen molar-refractivity contribution < 1.29 is 13.4 Å². The molecule has 1 atom stereocenters. The summed E-state index contributed by atoms with van der Waals surface area (Å²) in [5.74, 6) is 0.116. The number of hydrogen-bond acceptors (Lipinski definition) is 2. The van der Waals surface area contributed by atoms with Crippen LogP contribution in [0.3, 0.4) is 0 Å². The summed E-state index contributed by atoms with van der Waals surface area (Å²) < 4.78 is 24.6. The molecule has 1 fully saturated rings. The van der Waals surface area contributed by atoms with Crippen molar-refractivity contribution in [1.82, 2.24) is 5.32 Å². The highest BCUT2D eigenvalue weighted by Gasteiger charge is 2.51. The fraction of sp³-hybridized carbons (Fsp3) is 0.562. The standard InChI is InChI=1S/C16H22FNO2S/c1-15(2,3)21(20)11-10-18-14(19)16(8-9-16)12-4-6-13(17)7-5-12/h4-7H,8-11H2,1-3H3,(H,18,19)/t21-/m1/s1. The molecule has 0 spiro atoms.